The molecule has 2 N–H and O–H groups in total. The van der Waals surface area contributed by atoms with Crippen molar-refractivity contribution < 1.29 is 10.2 Å². The van der Waals surface area contributed by atoms with E-state index in [2.05, 4.69) is 9.97 Å². The highest BCUT2D eigenvalue weighted by Gasteiger charge is 2.43. The molecule has 2 aromatic heterocycles. The lowest BCUT2D eigenvalue weighted by molar-refractivity contribution is 0.439. The molecule has 1 aromatic carbocycles. The van der Waals surface area contributed by atoms with Gasteiger partial charge in [-0.25, -0.2) is 4.98 Å². The molecule has 0 radical (unpaired) electrons. The van der Waals surface area contributed by atoms with E-state index in [1.807, 2.05) is 42.9 Å². The van der Waals surface area contributed by atoms with Crippen molar-refractivity contribution in [1.82, 2.24) is 14.5 Å². The highest BCUT2D eigenvalue weighted by molar-refractivity contribution is 6.16. The minimum atomic E-state index is -0.902. The first-order chi connectivity index (χ1) is 11.5. The first-order valence-corrected chi connectivity index (χ1v) is 7.57. The summed E-state index contributed by atoms with van der Waals surface area (Å²) >= 11 is 0. The summed E-state index contributed by atoms with van der Waals surface area (Å²) in [5.41, 5.74) is 1.37. The molecule has 0 bridgehead atoms. The molecule has 3 heterocycles. The lowest BCUT2D eigenvalue weighted by Gasteiger charge is -2.23. The summed E-state index contributed by atoms with van der Waals surface area (Å²) in [6, 6.07) is 8.51. The summed E-state index contributed by atoms with van der Waals surface area (Å²) < 4.78 is 1.83. The maximum absolute atomic E-state index is 10.5. The van der Waals surface area contributed by atoms with E-state index in [1.165, 1.54) is 12.1 Å². The molecule has 3 aromatic rings. The molecule has 0 amide bonds. The Morgan fingerprint density at radius 2 is 1.79 bits per heavy atom. The Bertz CT molecular complexity index is 962. The monoisotopic (exact) mass is 320 g/mol. The molecule has 0 saturated heterocycles. The van der Waals surface area contributed by atoms with Gasteiger partial charge in [0.2, 0.25) is 0 Å². The number of aryl methyl sites for hydroxylation is 1. The number of rotatable bonds is 2. The van der Waals surface area contributed by atoms with Gasteiger partial charge in [0.1, 0.15) is 22.7 Å². The quantitative estimate of drug-likeness (QED) is 0.710. The SMILES string of the molecule is Cn1ccnc1C1=NC(C)(c2ccccn2)c2c(O)ccc(O)c21. The zero-order valence-corrected chi connectivity index (χ0v) is 13.3. The molecule has 6 heteroatoms. The van der Waals surface area contributed by atoms with Gasteiger partial charge in [-0.15, -0.1) is 0 Å². The Morgan fingerprint density at radius 1 is 1.00 bits per heavy atom. The van der Waals surface area contributed by atoms with Crippen LogP contribution in [0.5, 0.6) is 11.5 Å². The van der Waals surface area contributed by atoms with E-state index in [0.717, 1.165) is 0 Å². The van der Waals surface area contributed by atoms with Gasteiger partial charge >= 0.3 is 0 Å². The third-order valence-corrected chi connectivity index (χ3v) is 4.42. The molecule has 1 unspecified atom stereocenters. The number of hydrogen-bond acceptors (Lipinski definition) is 5. The molecular formula is C18H16N4O2. The van der Waals surface area contributed by atoms with Crippen LogP contribution in [0.2, 0.25) is 0 Å². The van der Waals surface area contributed by atoms with Gasteiger partial charge < -0.3 is 14.8 Å². The second-order valence-electron chi connectivity index (χ2n) is 5.96. The summed E-state index contributed by atoms with van der Waals surface area (Å²) in [4.78, 5) is 13.6. The van der Waals surface area contributed by atoms with Gasteiger partial charge in [0, 0.05) is 31.2 Å². The minimum Gasteiger partial charge on any atom is -0.508 e. The van der Waals surface area contributed by atoms with Crippen LogP contribution in [0.1, 0.15) is 29.6 Å². The molecule has 1 atom stereocenters. The Morgan fingerprint density at radius 3 is 2.46 bits per heavy atom. The highest BCUT2D eigenvalue weighted by Crippen LogP contribution is 2.48. The zero-order chi connectivity index (χ0) is 16.9. The molecular weight excluding hydrogens is 304 g/mol. The second kappa shape index (κ2) is 4.92. The van der Waals surface area contributed by atoms with Crippen molar-refractivity contribution in [2.75, 3.05) is 0 Å². The summed E-state index contributed by atoms with van der Waals surface area (Å²) in [6.45, 7) is 1.88. The smallest absolute Gasteiger partial charge is 0.158 e. The Hall–Kier alpha value is -3.15. The molecule has 24 heavy (non-hydrogen) atoms. The number of pyridine rings is 1. The Balaban J connectivity index is 2.07. The van der Waals surface area contributed by atoms with Gasteiger partial charge in [-0.2, -0.15) is 0 Å². The van der Waals surface area contributed by atoms with Crippen LogP contribution >= 0.6 is 0 Å². The summed E-state index contributed by atoms with van der Waals surface area (Å²) in [5.74, 6) is 0.755. The number of nitrogens with zero attached hydrogens (tertiary/aromatic N) is 4. The molecule has 0 aliphatic carbocycles. The molecule has 0 fully saturated rings. The number of imidazole rings is 1. The van der Waals surface area contributed by atoms with Crippen LogP contribution in [0.4, 0.5) is 0 Å². The number of aromatic nitrogens is 3. The second-order valence-corrected chi connectivity index (χ2v) is 5.96. The lowest BCUT2D eigenvalue weighted by Crippen LogP contribution is -2.20. The summed E-state index contributed by atoms with van der Waals surface area (Å²) in [7, 11) is 1.86. The first-order valence-electron chi connectivity index (χ1n) is 7.57. The number of aromatic hydroxyl groups is 2. The molecule has 1 aliphatic heterocycles. The van der Waals surface area contributed by atoms with Crippen molar-refractivity contribution in [3.8, 4) is 11.5 Å². The molecule has 4 rings (SSSR count). The van der Waals surface area contributed by atoms with Crippen LogP contribution in [-0.4, -0.2) is 30.5 Å². The largest absolute Gasteiger partial charge is 0.508 e. The van der Waals surface area contributed by atoms with Gasteiger partial charge in [-0.05, 0) is 31.2 Å². The number of phenols is 2. The maximum Gasteiger partial charge on any atom is 0.158 e. The van der Waals surface area contributed by atoms with Crippen molar-refractivity contribution in [3.63, 3.8) is 0 Å². The van der Waals surface area contributed by atoms with Gasteiger partial charge in [0.15, 0.2) is 5.82 Å². The van der Waals surface area contributed by atoms with E-state index in [1.54, 1.807) is 12.4 Å². The van der Waals surface area contributed by atoms with E-state index in [4.69, 9.17) is 4.99 Å². The van der Waals surface area contributed by atoms with Crippen LogP contribution < -0.4 is 0 Å². The van der Waals surface area contributed by atoms with Crippen molar-refractivity contribution in [2.45, 2.75) is 12.5 Å². The van der Waals surface area contributed by atoms with Gasteiger partial charge in [-0.3, -0.25) is 9.98 Å². The predicted octanol–water partition coefficient (Wildman–Crippen LogP) is 2.34. The number of hydrogen-bond donors (Lipinski definition) is 2. The van der Waals surface area contributed by atoms with E-state index in [-0.39, 0.29) is 11.5 Å². The van der Waals surface area contributed by atoms with Crippen molar-refractivity contribution >= 4 is 5.71 Å². The van der Waals surface area contributed by atoms with Gasteiger partial charge in [-0.1, -0.05) is 6.07 Å². The Labute approximate surface area is 138 Å². The fourth-order valence-electron chi connectivity index (χ4n) is 3.24. The molecule has 0 saturated carbocycles. The summed E-state index contributed by atoms with van der Waals surface area (Å²) in [6.07, 6.45) is 5.18. The topological polar surface area (TPSA) is 83.5 Å². The number of aliphatic imine (C=N–C) groups is 1. The maximum atomic E-state index is 10.5. The van der Waals surface area contributed by atoms with Crippen LogP contribution in [0.3, 0.4) is 0 Å². The van der Waals surface area contributed by atoms with E-state index >= 15 is 0 Å². The minimum absolute atomic E-state index is 0.0595. The zero-order valence-electron chi connectivity index (χ0n) is 13.3. The van der Waals surface area contributed by atoms with Crippen LogP contribution in [-0.2, 0) is 12.6 Å². The van der Waals surface area contributed by atoms with Crippen LogP contribution in [0.25, 0.3) is 0 Å². The molecule has 120 valence electrons. The van der Waals surface area contributed by atoms with E-state index < -0.39 is 5.54 Å². The van der Waals surface area contributed by atoms with E-state index in [9.17, 15) is 10.2 Å². The standard InChI is InChI=1S/C18H16N4O2/c1-18(13-5-3-4-8-19-13)15-12(24)7-6-11(23)14(15)16(21-18)17-20-9-10-22(17)2/h3-10,23-24H,1-2H3. The third-order valence-electron chi connectivity index (χ3n) is 4.42. The average Bonchev–Trinajstić information content (AvgIpc) is 3.14. The fourth-order valence-corrected chi connectivity index (χ4v) is 3.24. The van der Waals surface area contributed by atoms with Crippen LogP contribution in [0, 0.1) is 0 Å². The normalized spacial score (nSPS) is 19.2. The molecule has 6 nitrogen and oxygen atoms in total. The van der Waals surface area contributed by atoms with Gasteiger partial charge in [0.05, 0.1) is 11.3 Å². The highest BCUT2D eigenvalue weighted by atomic mass is 16.3. The molecule has 1 aliphatic rings. The van der Waals surface area contributed by atoms with Crippen molar-refractivity contribution in [3.05, 3.63) is 71.6 Å². The van der Waals surface area contributed by atoms with Crippen molar-refractivity contribution in [1.29, 1.82) is 0 Å². The summed E-state index contributed by atoms with van der Waals surface area (Å²) in [5, 5.41) is 20.9. The number of benzene rings is 1. The lowest BCUT2D eigenvalue weighted by atomic mass is 9.86. The van der Waals surface area contributed by atoms with E-state index in [0.29, 0.717) is 28.4 Å². The van der Waals surface area contributed by atoms with Gasteiger partial charge in [0.25, 0.3) is 0 Å². The number of phenolic OH excluding ortho intramolecular Hbond substituents is 2. The average molecular weight is 320 g/mol. The first kappa shape index (κ1) is 14.4. The molecule has 0 spiro atoms. The number of fused-ring (bicyclic) bond motifs is 1. The van der Waals surface area contributed by atoms with Crippen molar-refractivity contribution in [2.24, 2.45) is 12.0 Å². The van der Waals surface area contributed by atoms with Crippen LogP contribution in [0.15, 0.2) is 53.9 Å². The third kappa shape index (κ3) is 1.86. The predicted molar refractivity (Wildman–Crippen MR) is 89.3 cm³/mol. The fraction of sp³-hybridized carbons (Fsp3) is 0.167. The Kier molecular flexibility index (Phi) is 2.96.